The lowest BCUT2D eigenvalue weighted by molar-refractivity contribution is 0.487. The van der Waals surface area contributed by atoms with Crippen molar-refractivity contribution in [3.63, 3.8) is 0 Å². The van der Waals surface area contributed by atoms with E-state index in [1.807, 2.05) is 43.0 Å². The number of fused-ring (bicyclic) bond motifs is 19. The molecule has 25 aromatic rings. The van der Waals surface area contributed by atoms with Gasteiger partial charge < -0.3 is 33.3 Å². The van der Waals surface area contributed by atoms with E-state index in [1.165, 1.54) is 104 Å². The summed E-state index contributed by atoms with van der Waals surface area (Å²) in [5.41, 5.74) is 40.0. The minimum atomic E-state index is 0.0485. The molecule has 0 saturated heterocycles. The van der Waals surface area contributed by atoms with Crippen LogP contribution in [-0.4, -0.2) is 69.6 Å². The van der Waals surface area contributed by atoms with E-state index in [1.54, 1.807) is 0 Å². The third-order valence-corrected chi connectivity index (χ3v) is 29.6. The number of hydrogen-bond acceptors (Lipinski definition) is 10. The highest BCUT2D eigenvalue weighted by Gasteiger charge is 2.47. The lowest BCUT2D eigenvalue weighted by atomic mass is 9.34. The molecule has 15 nitrogen and oxygen atoms in total. The molecule has 8 aliphatic rings. The van der Waals surface area contributed by atoms with E-state index in [0.717, 1.165) is 159 Å². The number of anilines is 6. The number of imidazole rings is 4. The number of nitrogens with zero attached hydrogens (tertiary/aromatic N) is 11. The van der Waals surface area contributed by atoms with Gasteiger partial charge in [-0.1, -0.05) is 297 Å². The van der Waals surface area contributed by atoms with Gasteiger partial charge in [0.05, 0.1) is 72.2 Å². The van der Waals surface area contributed by atoms with Crippen LogP contribution in [0, 0.1) is 0 Å². The van der Waals surface area contributed by atoms with E-state index < -0.39 is 0 Å². The van der Waals surface area contributed by atoms with E-state index in [9.17, 15) is 0 Å². The van der Waals surface area contributed by atoms with E-state index in [4.69, 9.17) is 38.9 Å². The Hall–Kier alpha value is -18.9. The van der Waals surface area contributed by atoms with Gasteiger partial charge in [0.15, 0.2) is 0 Å². The Morgan fingerprint density at radius 2 is 0.517 bits per heavy atom. The van der Waals surface area contributed by atoms with Crippen LogP contribution >= 0.6 is 0 Å². The summed E-state index contributed by atoms with van der Waals surface area (Å²) in [6.45, 7) is 0.416. The van der Waals surface area contributed by atoms with Crippen molar-refractivity contribution in [2.75, 3.05) is 9.80 Å². The van der Waals surface area contributed by atoms with Gasteiger partial charge in [-0.3, -0.25) is 18.3 Å². The minimum absolute atomic E-state index is 0.0485. The van der Waals surface area contributed by atoms with Crippen molar-refractivity contribution >= 4 is 192 Å². The predicted molar refractivity (Wildman–Crippen MR) is 584 cm³/mol. The van der Waals surface area contributed by atoms with Crippen molar-refractivity contribution in [1.82, 2.24) is 42.8 Å². The molecule has 0 spiro atoms. The summed E-state index contributed by atoms with van der Waals surface area (Å²) in [4.78, 5) is 24.4. The van der Waals surface area contributed by atoms with Gasteiger partial charge in [0.2, 0.25) is 0 Å². The minimum Gasteiger partial charge on any atom is -0.458 e. The Morgan fingerprint density at radius 3 is 0.944 bits per heavy atom. The van der Waals surface area contributed by atoms with Gasteiger partial charge in [0.25, 0.3) is 26.9 Å². The highest BCUT2D eigenvalue weighted by Crippen LogP contribution is 2.47. The lowest BCUT2D eigenvalue weighted by Gasteiger charge is -2.35. The monoisotopic (exact) mass is 1830 g/mol. The number of hydrogen-bond donors (Lipinski definition) is 0. The third kappa shape index (κ3) is 12.3. The third-order valence-electron chi connectivity index (χ3n) is 29.6. The van der Waals surface area contributed by atoms with Crippen LogP contribution in [-0.2, 0) is 0 Å². The first-order chi connectivity index (χ1) is 71.0. The molecule has 33 rings (SSSR count). The Kier molecular flexibility index (Phi) is 17.9. The van der Waals surface area contributed by atoms with Crippen LogP contribution in [0.25, 0.3) is 117 Å². The first kappa shape index (κ1) is 80.3. The molecule has 0 fully saturated rings. The van der Waals surface area contributed by atoms with Crippen molar-refractivity contribution in [3.05, 3.63) is 468 Å². The number of aromatic nitrogens is 9. The molecule has 0 unspecified atom stereocenters. The fourth-order valence-electron chi connectivity index (χ4n) is 23.9. The molecule has 13 heterocycles. The Bertz CT molecular complexity index is 9440. The average molecular weight is 1830 g/mol. The smallest absolute Gasteiger partial charge is 0.256 e. The fraction of sp³-hybridized carbons (Fsp3) is 0. The molecule has 664 valence electrons. The van der Waals surface area contributed by atoms with Crippen LogP contribution in [0.15, 0.2) is 468 Å². The molecule has 8 aliphatic heterocycles. The SMILES string of the molecule is c1ccc(-c2nc3cccc4c3n2-c2cc(N(c3ccccc3)c3ccccc3)cc3c2B4c2ccccc2O3)cc1.c1ccc(-c2nc3cccc4c3n2-c2cccc3c2B4c2ccccc2O3)cc1.c1ccc(N(c2ccccc2)c2cc3c4c(c2)-n2cnc5cccc(c52)B4c2ccccc2O3)cc1.c1ccc2c(c1)Oc1cc(-n3c4ccccc4c4ccccc43)cc3c1B2c1cccc2ncn-3c12. The summed E-state index contributed by atoms with van der Waals surface area (Å²) in [6, 6.07) is 159. The summed E-state index contributed by atoms with van der Waals surface area (Å²) in [5, 5.41) is 2.50. The van der Waals surface area contributed by atoms with Crippen LogP contribution in [0.3, 0.4) is 0 Å². The predicted octanol–water partition coefficient (Wildman–Crippen LogP) is 21.2. The van der Waals surface area contributed by atoms with Gasteiger partial charge in [0, 0.05) is 85.6 Å². The molecule has 0 amide bonds. The fourth-order valence-corrected chi connectivity index (χ4v) is 23.9. The van der Waals surface area contributed by atoms with Crippen molar-refractivity contribution in [2.45, 2.75) is 0 Å². The molecule has 0 bridgehead atoms. The zero-order valence-electron chi connectivity index (χ0n) is 76.8. The Labute approximate surface area is 823 Å². The maximum atomic E-state index is 6.76. The summed E-state index contributed by atoms with van der Waals surface area (Å²) in [6.07, 6.45) is 3.90. The molecule has 20 aromatic carbocycles. The zero-order valence-corrected chi connectivity index (χ0v) is 76.8. The van der Waals surface area contributed by atoms with Crippen molar-refractivity contribution in [1.29, 1.82) is 0 Å². The number of benzene rings is 20. The van der Waals surface area contributed by atoms with Crippen LogP contribution in [0.1, 0.15) is 0 Å². The summed E-state index contributed by atoms with van der Waals surface area (Å²) in [5.74, 6) is 9.18. The van der Waals surface area contributed by atoms with Gasteiger partial charge in [-0.05, 0) is 205 Å². The van der Waals surface area contributed by atoms with E-state index in [2.05, 4.69) is 457 Å². The quantitative estimate of drug-likeness (QED) is 0.129. The molecular formula is C124H77B4N11O4. The molecule has 143 heavy (non-hydrogen) atoms. The number of para-hydroxylation sites is 14. The summed E-state index contributed by atoms with van der Waals surface area (Å²) < 4.78 is 37.8. The molecule has 19 heteroatoms. The van der Waals surface area contributed by atoms with Crippen molar-refractivity contribution in [2.24, 2.45) is 0 Å². The molecule has 0 saturated carbocycles. The second-order valence-corrected chi connectivity index (χ2v) is 37.4. The highest BCUT2D eigenvalue weighted by atomic mass is 16.5. The number of ether oxygens (including phenoxy) is 4. The zero-order chi connectivity index (χ0) is 93.6. The largest absolute Gasteiger partial charge is 0.458 e. The standard InChI is InChI=1S/C37H24BN3O.C31H18BN3O.C31H20BN3O.C25H15BN2O/c1-4-13-25(14-5-1)37-39-31-21-12-20-30-36(31)41(37)32-23-28(24-34-35(32)38(30)29-19-10-11-22-33(29)42-34)40(26-15-6-2-7-16-26)27-17-8-3-9-18-27;1-4-13-25-20(8-1)21-9-2-5-14-26(21)35(25)19-16-27-30-29(17-19)36-28-15-6-3-10-22(28)32(30)23-11-7-12-24-31(23)34(27)18-33-24;1-3-10-21(11-4-1)35(22-12-5-2-6-13-22)23-18-27-30-29(19-23)36-28-17-8-7-14-24(28)32(30)25-15-9-16-26-31(25)34(27)20-33-26;1-2-8-16(9-3-1)25-27-19-12-6-11-18-24(19)28(25)20-13-7-15-22-23(20)26(18)17-10-4-5-14-21(17)29-22/h1-24H;1-18H;1-20H;1-15H. The van der Waals surface area contributed by atoms with E-state index in [-0.39, 0.29) is 26.9 Å². The Morgan fingerprint density at radius 1 is 0.210 bits per heavy atom. The van der Waals surface area contributed by atoms with Gasteiger partial charge in [0.1, 0.15) is 70.3 Å². The van der Waals surface area contributed by atoms with Crippen LogP contribution < -0.4 is 94.3 Å². The normalized spacial score (nSPS) is 12.8. The first-order valence-corrected chi connectivity index (χ1v) is 48.6. The van der Waals surface area contributed by atoms with Gasteiger partial charge in [-0.15, -0.1) is 0 Å². The maximum Gasteiger partial charge on any atom is 0.256 e. The summed E-state index contributed by atoms with van der Waals surface area (Å²) in [7, 11) is 0. The summed E-state index contributed by atoms with van der Waals surface area (Å²) >= 11 is 0. The molecular weight excluding hydrogens is 1750 g/mol. The first-order valence-electron chi connectivity index (χ1n) is 48.6. The molecule has 0 atom stereocenters. The average Bonchev–Trinajstić information content (AvgIpc) is 1.64. The second-order valence-electron chi connectivity index (χ2n) is 37.4. The van der Waals surface area contributed by atoms with Crippen LogP contribution in [0.4, 0.5) is 34.1 Å². The topological polar surface area (TPSA) is 120 Å². The lowest BCUT2D eigenvalue weighted by Crippen LogP contribution is -2.58. The van der Waals surface area contributed by atoms with E-state index in [0.29, 0.717) is 0 Å². The molecule has 5 aromatic heterocycles. The van der Waals surface area contributed by atoms with Crippen LogP contribution in [0.5, 0.6) is 46.0 Å². The highest BCUT2D eigenvalue weighted by molar-refractivity contribution is 7.01. The van der Waals surface area contributed by atoms with Gasteiger partial charge in [-0.25, -0.2) is 19.9 Å². The molecule has 0 aliphatic carbocycles. The maximum absolute atomic E-state index is 6.76. The van der Waals surface area contributed by atoms with Gasteiger partial charge >= 0.3 is 0 Å². The van der Waals surface area contributed by atoms with Crippen molar-refractivity contribution in [3.8, 4) is 97.2 Å². The molecule has 0 N–H and O–H groups in total. The number of rotatable bonds is 9. The molecule has 0 radical (unpaired) electrons. The van der Waals surface area contributed by atoms with Crippen molar-refractivity contribution < 1.29 is 18.9 Å². The van der Waals surface area contributed by atoms with Gasteiger partial charge in [-0.2, -0.15) is 0 Å². The Balaban J connectivity index is 0.0000000896. The second kappa shape index (κ2) is 31.9. The van der Waals surface area contributed by atoms with Crippen LogP contribution in [0.2, 0.25) is 0 Å². The van der Waals surface area contributed by atoms with E-state index >= 15 is 0 Å².